The van der Waals surface area contributed by atoms with Gasteiger partial charge < -0.3 is 14.4 Å². The Morgan fingerprint density at radius 3 is 2.27 bits per heavy atom. The molecule has 1 unspecified atom stereocenters. The first-order chi connectivity index (χ1) is 16.0. The van der Waals surface area contributed by atoms with Gasteiger partial charge in [-0.3, -0.25) is 14.5 Å². The van der Waals surface area contributed by atoms with E-state index in [0.29, 0.717) is 16.8 Å². The number of ketones is 1. The third kappa shape index (κ3) is 3.46. The number of hydrogen-bond donors (Lipinski definition) is 1. The molecule has 4 aromatic rings. The van der Waals surface area contributed by atoms with E-state index in [1.54, 1.807) is 24.3 Å². The minimum Gasteiger partial charge on any atom is -0.503 e. The third-order valence-electron chi connectivity index (χ3n) is 5.86. The van der Waals surface area contributed by atoms with Crippen LogP contribution in [0.1, 0.15) is 22.2 Å². The summed E-state index contributed by atoms with van der Waals surface area (Å²) in [5, 5.41) is 11.7. The van der Waals surface area contributed by atoms with Crippen LogP contribution in [-0.2, 0) is 4.79 Å². The standard InChI is InChI=1S/C27H22N2O4/c1-28(2)19-14-12-17(13-15-19)24-23(25(30)22-16-18-8-6-7-11-21(18)33-22)26(31)27(32)29(24)20-9-4-3-5-10-20/h3-16,24,31H,1-2H3. The van der Waals surface area contributed by atoms with Gasteiger partial charge >= 0.3 is 0 Å². The van der Waals surface area contributed by atoms with Crippen LogP contribution in [0.2, 0.25) is 0 Å². The largest absolute Gasteiger partial charge is 0.503 e. The molecule has 1 aromatic heterocycles. The molecule has 2 heterocycles. The smallest absolute Gasteiger partial charge is 0.294 e. The van der Waals surface area contributed by atoms with E-state index in [0.717, 1.165) is 11.1 Å². The molecular weight excluding hydrogens is 416 g/mol. The summed E-state index contributed by atoms with van der Waals surface area (Å²) in [5.74, 6) is -1.62. The number of rotatable bonds is 5. The van der Waals surface area contributed by atoms with E-state index in [1.165, 1.54) is 4.90 Å². The third-order valence-corrected chi connectivity index (χ3v) is 5.86. The zero-order chi connectivity index (χ0) is 23.1. The second-order valence-corrected chi connectivity index (χ2v) is 8.14. The summed E-state index contributed by atoms with van der Waals surface area (Å²) < 4.78 is 5.77. The normalized spacial score (nSPS) is 16.0. The van der Waals surface area contributed by atoms with Gasteiger partial charge in [0.15, 0.2) is 11.5 Å². The predicted octanol–water partition coefficient (Wildman–Crippen LogP) is 5.28. The van der Waals surface area contributed by atoms with Gasteiger partial charge in [-0.25, -0.2) is 0 Å². The van der Waals surface area contributed by atoms with Gasteiger partial charge in [-0.15, -0.1) is 0 Å². The van der Waals surface area contributed by atoms with E-state index in [4.69, 9.17) is 4.42 Å². The maximum Gasteiger partial charge on any atom is 0.294 e. The number of Topliss-reactive ketones (excluding diaryl/α,β-unsaturated/α-hetero) is 1. The molecule has 164 valence electrons. The Morgan fingerprint density at radius 2 is 1.61 bits per heavy atom. The van der Waals surface area contributed by atoms with Crippen LogP contribution in [0.15, 0.2) is 101 Å². The average molecular weight is 438 g/mol. The van der Waals surface area contributed by atoms with Crippen molar-refractivity contribution in [2.45, 2.75) is 6.04 Å². The number of aliphatic hydroxyl groups is 1. The molecule has 0 saturated carbocycles. The minimum atomic E-state index is -0.795. The first-order valence-electron chi connectivity index (χ1n) is 10.6. The van der Waals surface area contributed by atoms with E-state index >= 15 is 0 Å². The lowest BCUT2D eigenvalue weighted by Gasteiger charge is -2.27. The Hall–Kier alpha value is -4.32. The zero-order valence-electron chi connectivity index (χ0n) is 18.2. The molecule has 0 aliphatic carbocycles. The topological polar surface area (TPSA) is 74.0 Å². The van der Waals surface area contributed by atoms with Gasteiger partial charge in [0.1, 0.15) is 5.58 Å². The molecule has 33 heavy (non-hydrogen) atoms. The van der Waals surface area contributed by atoms with E-state index in [2.05, 4.69) is 0 Å². The van der Waals surface area contributed by atoms with Crippen LogP contribution in [0.3, 0.4) is 0 Å². The van der Waals surface area contributed by atoms with Crippen molar-refractivity contribution >= 4 is 34.0 Å². The quantitative estimate of drug-likeness (QED) is 0.429. The van der Waals surface area contributed by atoms with Crippen molar-refractivity contribution in [3.05, 3.63) is 108 Å². The lowest BCUT2D eigenvalue weighted by atomic mass is 9.94. The van der Waals surface area contributed by atoms with Gasteiger partial charge in [-0.05, 0) is 42.0 Å². The van der Waals surface area contributed by atoms with Crippen LogP contribution < -0.4 is 9.80 Å². The van der Waals surface area contributed by atoms with E-state index in [-0.39, 0.29) is 11.3 Å². The maximum absolute atomic E-state index is 13.6. The number of amides is 1. The van der Waals surface area contributed by atoms with Crippen molar-refractivity contribution < 1.29 is 19.1 Å². The van der Waals surface area contributed by atoms with Crippen molar-refractivity contribution in [2.24, 2.45) is 0 Å². The van der Waals surface area contributed by atoms with Crippen molar-refractivity contribution in [3.8, 4) is 0 Å². The van der Waals surface area contributed by atoms with Crippen LogP contribution in [0, 0.1) is 0 Å². The zero-order valence-corrected chi connectivity index (χ0v) is 18.2. The Kier molecular flexibility index (Phi) is 4.98. The van der Waals surface area contributed by atoms with Gasteiger partial charge in [0.05, 0.1) is 11.6 Å². The number of carbonyl (C=O) groups is 2. The van der Waals surface area contributed by atoms with Crippen LogP contribution in [0.4, 0.5) is 11.4 Å². The number of hydrogen-bond acceptors (Lipinski definition) is 5. The molecule has 5 rings (SSSR count). The first kappa shape index (κ1) is 20.6. The summed E-state index contributed by atoms with van der Waals surface area (Å²) in [4.78, 5) is 30.2. The fraction of sp³-hybridized carbons (Fsp3) is 0.111. The highest BCUT2D eigenvalue weighted by atomic mass is 16.3. The summed E-state index contributed by atoms with van der Waals surface area (Å²) in [5.41, 5.74) is 2.84. The number of fused-ring (bicyclic) bond motifs is 1. The van der Waals surface area contributed by atoms with Crippen molar-refractivity contribution in [1.82, 2.24) is 0 Å². The highest BCUT2D eigenvalue weighted by Crippen LogP contribution is 2.42. The predicted molar refractivity (Wildman–Crippen MR) is 128 cm³/mol. The van der Waals surface area contributed by atoms with E-state index < -0.39 is 23.5 Å². The number of furan rings is 1. The number of anilines is 2. The molecule has 1 N–H and O–H groups in total. The molecular formula is C27H22N2O4. The highest BCUT2D eigenvalue weighted by molar-refractivity contribution is 6.20. The Balaban J connectivity index is 1.65. The molecule has 0 fully saturated rings. The van der Waals surface area contributed by atoms with Gasteiger partial charge in [0, 0.05) is 30.9 Å². The Labute approximate surface area is 191 Å². The van der Waals surface area contributed by atoms with Crippen LogP contribution >= 0.6 is 0 Å². The number of carbonyl (C=O) groups excluding carboxylic acids is 2. The summed E-state index contributed by atoms with van der Waals surface area (Å²) in [6.45, 7) is 0. The fourth-order valence-electron chi connectivity index (χ4n) is 4.19. The van der Waals surface area contributed by atoms with Gasteiger partial charge in [0.2, 0.25) is 5.78 Å². The molecule has 3 aromatic carbocycles. The second kappa shape index (κ2) is 7.98. The summed E-state index contributed by atoms with van der Waals surface area (Å²) in [6, 6.07) is 24.7. The summed E-state index contributed by atoms with van der Waals surface area (Å²) >= 11 is 0. The minimum absolute atomic E-state index is 0.000474. The highest BCUT2D eigenvalue weighted by Gasteiger charge is 2.45. The molecule has 0 spiro atoms. The van der Waals surface area contributed by atoms with Gasteiger partial charge in [-0.2, -0.15) is 0 Å². The lowest BCUT2D eigenvalue weighted by molar-refractivity contribution is -0.117. The molecule has 6 heteroatoms. The SMILES string of the molecule is CN(C)c1ccc(C2C(C(=O)c3cc4ccccc4o3)=C(O)C(=O)N2c2ccccc2)cc1. The summed E-state index contributed by atoms with van der Waals surface area (Å²) in [6.07, 6.45) is 0. The van der Waals surface area contributed by atoms with Crippen LogP contribution in [-0.4, -0.2) is 30.9 Å². The number of para-hydroxylation sites is 2. The molecule has 1 aliphatic heterocycles. The van der Waals surface area contributed by atoms with Crippen molar-refractivity contribution in [2.75, 3.05) is 23.9 Å². The number of nitrogens with zero attached hydrogens (tertiary/aromatic N) is 2. The molecule has 1 aliphatic rings. The van der Waals surface area contributed by atoms with E-state index in [1.807, 2.05) is 79.7 Å². The van der Waals surface area contributed by atoms with Crippen LogP contribution in [0.5, 0.6) is 0 Å². The molecule has 6 nitrogen and oxygen atoms in total. The molecule has 0 saturated heterocycles. The molecule has 1 atom stereocenters. The van der Waals surface area contributed by atoms with Gasteiger partial charge in [0.25, 0.3) is 5.91 Å². The second-order valence-electron chi connectivity index (χ2n) is 8.14. The van der Waals surface area contributed by atoms with Gasteiger partial charge in [-0.1, -0.05) is 48.5 Å². The molecule has 0 radical (unpaired) electrons. The van der Waals surface area contributed by atoms with E-state index in [9.17, 15) is 14.7 Å². The molecule has 1 amide bonds. The number of benzene rings is 3. The van der Waals surface area contributed by atoms with Crippen molar-refractivity contribution in [1.29, 1.82) is 0 Å². The Morgan fingerprint density at radius 1 is 0.939 bits per heavy atom. The Bertz CT molecular complexity index is 1350. The lowest BCUT2D eigenvalue weighted by Crippen LogP contribution is -2.31. The average Bonchev–Trinajstić information content (AvgIpc) is 3.38. The monoisotopic (exact) mass is 438 g/mol. The maximum atomic E-state index is 13.6. The number of aliphatic hydroxyl groups excluding tert-OH is 1. The molecule has 0 bridgehead atoms. The fourth-order valence-corrected chi connectivity index (χ4v) is 4.19. The van der Waals surface area contributed by atoms with Crippen LogP contribution in [0.25, 0.3) is 11.0 Å². The summed E-state index contributed by atoms with van der Waals surface area (Å²) in [7, 11) is 3.87. The van der Waals surface area contributed by atoms with Crippen molar-refractivity contribution in [3.63, 3.8) is 0 Å². The first-order valence-corrected chi connectivity index (χ1v) is 10.6.